The summed E-state index contributed by atoms with van der Waals surface area (Å²) >= 11 is 0. The van der Waals surface area contributed by atoms with Gasteiger partial charge in [-0.15, -0.1) is 0 Å². The molecule has 3 aliphatic rings. The quantitative estimate of drug-likeness (QED) is 0.639. The van der Waals surface area contributed by atoms with E-state index in [2.05, 4.69) is 37.2 Å². The molecule has 2 fully saturated rings. The second-order valence-electron chi connectivity index (χ2n) is 7.85. The van der Waals surface area contributed by atoms with E-state index >= 15 is 0 Å². The van der Waals surface area contributed by atoms with Gasteiger partial charge in [0.05, 0.1) is 30.3 Å². The lowest BCUT2D eigenvalue weighted by Crippen LogP contribution is -2.51. The topological polar surface area (TPSA) is 90.6 Å². The second kappa shape index (κ2) is 7.62. The summed E-state index contributed by atoms with van der Waals surface area (Å²) in [6.07, 6.45) is 6.78. The van der Waals surface area contributed by atoms with E-state index in [1.54, 1.807) is 7.05 Å². The number of amides is 2. The van der Waals surface area contributed by atoms with E-state index in [9.17, 15) is 4.79 Å². The first-order valence-corrected chi connectivity index (χ1v) is 10.1. The number of ether oxygens (including phenoxy) is 1. The highest BCUT2D eigenvalue weighted by molar-refractivity contribution is 5.88. The number of aromatic nitrogens is 1. The number of carbonyl (C=O) groups is 1. The molecule has 152 valence electrons. The first-order chi connectivity index (χ1) is 14.2. The standard InChI is InChI=1S/C21H26N6O2/c1-22-21(28)24-14-4-2-13(3-5-14)19-25-18-10-23-9-8-17(18)20(26-19)27-11-15-6-7-16(12-27)29-15/h2-5,8-10,15-16,19-20,25-26H,6-7,11-12H2,1H3,(H2,22,24,28). The summed E-state index contributed by atoms with van der Waals surface area (Å²) in [5.41, 5.74) is 4.12. The monoisotopic (exact) mass is 394 g/mol. The Morgan fingerprint density at radius 1 is 1.17 bits per heavy atom. The summed E-state index contributed by atoms with van der Waals surface area (Å²) in [6.45, 7) is 1.88. The molecule has 8 heteroatoms. The predicted molar refractivity (Wildman–Crippen MR) is 110 cm³/mol. The molecule has 2 aromatic rings. The first kappa shape index (κ1) is 18.4. The van der Waals surface area contributed by atoms with E-state index in [0.717, 1.165) is 42.9 Å². The van der Waals surface area contributed by atoms with Crippen LogP contribution in [0, 0.1) is 0 Å². The molecule has 2 amide bonds. The van der Waals surface area contributed by atoms with Crippen molar-refractivity contribution in [1.29, 1.82) is 0 Å². The minimum absolute atomic E-state index is 0.0498. The van der Waals surface area contributed by atoms with Crippen LogP contribution in [-0.2, 0) is 4.74 Å². The van der Waals surface area contributed by atoms with Gasteiger partial charge in [-0.05, 0) is 36.6 Å². The molecule has 4 N–H and O–H groups in total. The molecule has 1 aromatic carbocycles. The summed E-state index contributed by atoms with van der Waals surface area (Å²) in [4.78, 5) is 18.3. The fourth-order valence-electron chi connectivity index (χ4n) is 4.50. The maximum absolute atomic E-state index is 11.5. The average Bonchev–Trinajstić information content (AvgIpc) is 3.10. The van der Waals surface area contributed by atoms with Gasteiger partial charge >= 0.3 is 6.03 Å². The molecule has 5 rings (SSSR count). The SMILES string of the molecule is CNC(=O)Nc1ccc(C2Nc3cnccc3C(N3CC4CCC(C3)O4)N2)cc1. The zero-order valence-electron chi connectivity index (χ0n) is 16.4. The van der Waals surface area contributed by atoms with Crippen molar-refractivity contribution in [1.82, 2.24) is 20.5 Å². The molecule has 8 nitrogen and oxygen atoms in total. The predicted octanol–water partition coefficient (Wildman–Crippen LogP) is 2.41. The normalized spacial score (nSPS) is 28.3. The number of rotatable bonds is 3. The lowest BCUT2D eigenvalue weighted by molar-refractivity contribution is -0.0602. The van der Waals surface area contributed by atoms with Crippen LogP contribution >= 0.6 is 0 Å². The van der Waals surface area contributed by atoms with Crippen LogP contribution in [0.5, 0.6) is 0 Å². The van der Waals surface area contributed by atoms with Crippen molar-refractivity contribution in [3.8, 4) is 0 Å². The summed E-state index contributed by atoms with van der Waals surface area (Å²) in [5.74, 6) is 0. The Kier molecular flexibility index (Phi) is 4.83. The number of nitrogens with one attached hydrogen (secondary N) is 4. The van der Waals surface area contributed by atoms with Crippen LogP contribution in [-0.4, -0.2) is 48.3 Å². The van der Waals surface area contributed by atoms with Crippen molar-refractivity contribution in [3.63, 3.8) is 0 Å². The number of benzene rings is 1. The molecule has 0 spiro atoms. The maximum Gasteiger partial charge on any atom is 0.318 e. The molecular formula is C21H26N6O2. The van der Waals surface area contributed by atoms with E-state index in [0.29, 0.717) is 12.2 Å². The number of morpholine rings is 1. The summed E-state index contributed by atoms with van der Waals surface area (Å²) in [5, 5.41) is 12.7. The second-order valence-corrected chi connectivity index (χ2v) is 7.85. The zero-order valence-corrected chi connectivity index (χ0v) is 16.4. The van der Waals surface area contributed by atoms with Gasteiger partial charge in [0.2, 0.25) is 0 Å². The van der Waals surface area contributed by atoms with Crippen molar-refractivity contribution in [2.75, 3.05) is 30.8 Å². The molecule has 0 aliphatic carbocycles. The number of likely N-dealkylation sites (tertiary alicyclic amines) is 1. The largest absolute Gasteiger partial charge is 0.372 e. The smallest absolute Gasteiger partial charge is 0.318 e. The van der Waals surface area contributed by atoms with Crippen LogP contribution in [0.2, 0.25) is 0 Å². The van der Waals surface area contributed by atoms with Crippen molar-refractivity contribution >= 4 is 17.4 Å². The summed E-state index contributed by atoms with van der Waals surface area (Å²) in [7, 11) is 1.60. The van der Waals surface area contributed by atoms with Crippen LogP contribution in [0.3, 0.4) is 0 Å². The number of pyridine rings is 1. The Labute approximate surface area is 170 Å². The van der Waals surface area contributed by atoms with Gasteiger partial charge in [0.25, 0.3) is 0 Å². The van der Waals surface area contributed by atoms with Crippen molar-refractivity contribution < 1.29 is 9.53 Å². The van der Waals surface area contributed by atoms with Crippen molar-refractivity contribution in [2.24, 2.45) is 0 Å². The van der Waals surface area contributed by atoms with Gasteiger partial charge in [0.1, 0.15) is 6.17 Å². The van der Waals surface area contributed by atoms with E-state index in [-0.39, 0.29) is 18.4 Å². The molecule has 4 atom stereocenters. The highest BCUT2D eigenvalue weighted by Crippen LogP contribution is 2.37. The number of carbonyl (C=O) groups excluding carboxylic acids is 1. The zero-order chi connectivity index (χ0) is 19.8. The van der Waals surface area contributed by atoms with Gasteiger partial charge < -0.3 is 20.7 Å². The molecule has 3 aliphatic heterocycles. The number of hydrogen-bond donors (Lipinski definition) is 4. The van der Waals surface area contributed by atoms with Crippen LogP contribution in [0.25, 0.3) is 0 Å². The summed E-state index contributed by atoms with van der Waals surface area (Å²) < 4.78 is 6.03. The number of urea groups is 1. The third-order valence-corrected chi connectivity index (χ3v) is 5.94. The van der Waals surface area contributed by atoms with E-state index in [1.165, 1.54) is 5.56 Å². The molecule has 29 heavy (non-hydrogen) atoms. The van der Waals surface area contributed by atoms with E-state index < -0.39 is 0 Å². The first-order valence-electron chi connectivity index (χ1n) is 10.1. The highest BCUT2D eigenvalue weighted by Gasteiger charge is 2.39. The van der Waals surface area contributed by atoms with Crippen molar-refractivity contribution in [3.05, 3.63) is 53.9 Å². The Morgan fingerprint density at radius 2 is 1.93 bits per heavy atom. The van der Waals surface area contributed by atoms with Gasteiger partial charge in [0, 0.05) is 37.6 Å². The number of anilines is 2. The number of hydrogen-bond acceptors (Lipinski definition) is 6. The van der Waals surface area contributed by atoms with Crippen molar-refractivity contribution in [2.45, 2.75) is 37.4 Å². The lowest BCUT2D eigenvalue weighted by atomic mass is 10.0. The Hall–Kier alpha value is -2.68. The molecule has 2 saturated heterocycles. The minimum atomic E-state index is -0.228. The van der Waals surface area contributed by atoms with E-state index in [4.69, 9.17) is 4.74 Å². The van der Waals surface area contributed by atoms with Crippen LogP contribution in [0.4, 0.5) is 16.2 Å². The fourth-order valence-corrected chi connectivity index (χ4v) is 4.50. The van der Waals surface area contributed by atoms with Gasteiger partial charge in [-0.3, -0.25) is 15.2 Å². The molecule has 0 radical (unpaired) electrons. The number of fused-ring (bicyclic) bond motifs is 3. The third kappa shape index (κ3) is 3.66. The van der Waals surface area contributed by atoms with Crippen LogP contribution in [0.1, 0.15) is 36.3 Å². The van der Waals surface area contributed by atoms with Gasteiger partial charge in [-0.2, -0.15) is 0 Å². The number of nitrogens with zero attached hydrogens (tertiary/aromatic N) is 2. The Morgan fingerprint density at radius 3 is 2.66 bits per heavy atom. The fraction of sp³-hybridized carbons (Fsp3) is 0.429. The van der Waals surface area contributed by atoms with Gasteiger partial charge in [0.15, 0.2) is 0 Å². The Bertz CT molecular complexity index is 877. The van der Waals surface area contributed by atoms with Crippen LogP contribution in [0.15, 0.2) is 42.7 Å². The Balaban J connectivity index is 1.39. The van der Waals surface area contributed by atoms with Gasteiger partial charge in [-0.25, -0.2) is 4.79 Å². The lowest BCUT2D eigenvalue weighted by Gasteiger charge is -2.43. The molecule has 4 unspecified atom stereocenters. The molecule has 4 heterocycles. The average molecular weight is 394 g/mol. The molecule has 1 aromatic heterocycles. The van der Waals surface area contributed by atoms with Gasteiger partial charge in [-0.1, -0.05) is 12.1 Å². The maximum atomic E-state index is 11.5. The molecule has 0 saturated carbocycles. The highest BCUT2D eigenvalue weighted by atomic mass is 16.5. The van der Waals surface area contributed by atoms with Crippen LogP contribution < -0.4 is 21.3 Å². The van der Waals surface area contributed by atoms with E-state index in [1.807, 2.05) is 36.7 Å². The molecular weight excluding hydrogens is 368 g/mol. The molecule has 2 bridgehead atoms. The summed E-state index contributed by atoms with van der Waals surface area (Å²) in [6, 6.07) is 9.74. The third-order valence-electron chi connectivity index (χ3n) is 5.94. The minimum Gasteiger partial charge on any atom is -0.372 e.